The summed E-state index contributed by atoms with van der Waals surface area (Å²) >= 11 is 0. The van der Waals surface area contributed by atoms with Gasteiger partial charge in [0.25, 0.3) is 5.91 Å². The number of ether oxygens (including phenoxy) is 1. The zero-order valence-electron chi connectivity index (χ0n) is 12.0. The molecule has 4 nitrogen and oxygen atoms in total. The fraction of sp³-hybridized carbons (Fsp3) is 0.500. The molecular weight excluding hydrogens is 266 g/mol. The Bertz CT molecular complexity index is 453. The predicted octanol–water partition coefficient (Wildman–Crippen LogP) is 1.61. The molecule has 1 aromatic carbocycles. The Kier molecular flexibility index (Phi) is 6.54. The normalized spacial score (nSPS) is 10.9. The van der Waals surface area contributed by atoms with E-state index in [1.165, 1.54) is 12.0 Å². The molecule has 0 saturated heterocycles. The van der Waals surface area contributed by atoms with Crippen LogP contribution in [0.3, 0.4) is 0 Å². The van der Waals surface area contributed by atoms with Crippen LogP contribution in [0.25, 0.3) is 0 Å². The molecule has 0 bridgehead atoms. The van der Waals surface area contributed by atoms with Crippen LogP contribution in [0.1, 0.15) is 10.4 Å². The maximum Gasteiger partial charge on any atom is 0.257 e. The van der Waals surface area contributed by atoms with Gasteiger partial charge in [-0.2, -0.15) is 0 Å². The molecule has 6 heteroatoms. The Morgan fingerprint density at radius 1 is 1.20 bits per heavy atom. The maximum absolute atomic E-state index is 13.6. The van der Waals surface area contributed by atoms with E-state index >= 15 is 0 Å². The number of halogens is 2. The number of carbonyl (C=O) groups is 1. The van der Waals surface area contributed by atoms with Gasteiger partial charge < -0.3 is 14.5 Å². The molecule has 112 valence electrons. The lowest BCUT2D eigenvalue weighted by Gasteiger charge is -2.24. The van der Waals surface area contributed by atoms with Crippen molar-refractivity contribution in [1.82, 2.24) is 9.80 Å². The SMILES string of the molecule is COCCN(CCN(C)C)C(=O)c1cc(F)ccc1F. The van der Waals surface area contributed by atoms with Crippen LogP contribution in [0.15, 0.2) is 18.2 Å². The van der Waals surface area contributed by atoms with Gasteiger partial charge in [0.2, 0.25) is 0 Å². The number of hydrogen-bond acceptors (Lipinski definition) is 3. The van der Waals surface area contributed by atoms with Crippen LogP contribution >= 0.6 is 0 Å². The first kappa shape index (κ1) is 16.5. The van der Waals surface area contributed by atoms with E-state index in [-0.39, 0.29) is 5.56 Å². The highest BCUT2D eigenvalue weighted by molar-refractivity contribution is 5.94. The second kappa shape index (κ2) is 7.91. The summed E-state index contributed by atoms with van der Waals surface area (Å²) in [6.45, 7) is 1.73. The third-order valence-corrected chi connectivity index (χ3v) is 2.83. The summed E-state index contributed by atoms with van der Waals surface area (Å²) in [6.07, 6.45) is 0. The Balaban J connectivity index is 2.87. The highest BCUT2D eigenvalue weighted by atomic mass is 19.1. The van der Waals surface area contributed by atoms with Gasteiger partial charge in [0, 0.05) is 26.7 Å². The molecule has 1 rings (SSSR count). The van der Waals surface area contributed by atoms with Crippen molar-refractivity contribution >= 4 is 5.91 Å². The molecule has 0 aliphatic heterocycles. The molecular formula is C14H20F2N2O2. The molecule has 0 radical (unpaired) electrons. The van der Waals surface area contributed by atoms with Crippen LogP contribution in [0, 0.1) is 11.6 Å². The van der Waals surface area contributed by atoms with Gasteiger partial charge in [-0.05, 0) is 32.3 Å². The van der Waals surface area contributed by atoms with Crippen LogP contribution in [0.2, 0.25) is 0 Å². The number of amides is 1. The first-order valence-electron chi connectivity index (χ1n) is 6.33. The molecule has 0 saturated carbocycles. The van der Waals surface area contributed by atoms with Gasteiger partial charge in [0.15, 0.2) is 0 Å². The highest BCUT2D eigenvalue weighted by Crippen LogP contribution is 2.12. The van der Waals surface area contributed by atoms with Crippen molar-refractivity contribution < 1.29 is 18.3 Å². The lowest BCUT2D eigenvalue weighted by molar-refractivity contribution is 0.0678. The quantitative estimate of drug-likeness (QED) is 0.763. The lowest BCUT2D eigenvalue weighted by atomic mass is 10.1. The fourth-order valence-corrected chi connectivity index (χ4v) is 1.67. The maximum atomic E-state index is 13.6. The van der Waals surface area contributed by atoms with E-state index in [1.54, 1.807) is 0 Å². The number of rotatable bonds is 7. The predicted molar refractivity (Wildman–Crippen MR) is 72.7 cm³/mol. The third kappa shape index (κ3) is 4.86. The van der Waals surface area contributed by atoms with Crippen molar-refractivity contribution in [1.29, 1.82) is 0 Å². The summed E-state index contributed by atoms with van der Waals surface area (Å²) in [7, 11) is 5.28. The minimum Gasteiger partial charge on any atom is -0.383 e. The van der Waals surface area contributed by atoms with Crippen molar-refractivity contribution in [2.24, 2.45) is 0 Å². The number of benzene rings is 1. The largest absolute Gasteiger partial charge is 0.383 e. The van der Waals surface area contributed by atoms with Gasteiger partial charge in [0.1, 0.15) is 11.6 Å². The molecule has 0 aliphatic rings. The van der Waals surface area contributed by atoms with E-state index in [0.29, 0.717) is 26.2 Å². The van der Waals surface area contributed by atoms with Gasteiger partial charge >= 0.3 is 0 Å². The minimum absolute atomic E-state index is 0.250. The van der Waals surface area contributed by atoms with Gasteiger partial charge in [0.05, 0.1) is 12.2 Å². The Morgan fingerprint density at radius 2 is 1.90 bits per heavy atom. The fourth-order valence-electron chi connectivity index (χ4n) is 1.67. The van der Waals surface area contributed by atoms with Gasteiger partial charge in [-0.1, -0.05) is 0 Å². The summed E-state index contributed by atoms with van der Waals surface area (Å²) in [5, 5.41) is 0. The summed E-state index contributed by atoms with van der Waals surface area (Å²) < 4.78 is 31.8. The molecule has 0 unspecified atom stereocenters. The van der Waals surface area contributed by atoms with Crippen LogP contribution < -0.4 is 0 Å². The van der Waals surface area contributed by atoms with Crippen molar-refractivity contribution in [2.75, 3.05) is 47.4 Å². The zero-order chi connectivity index (χ0) is 15.1. The summed E-state index contributed by atoms with van der Waals surface area (Å²) in [4.78, 5) is 15.7. The van der Waals surface area contributed by atoms with Crippen LogP contribution in [-0.4, -0.2) is 63.2 Å². The smallest absolute Gasteiger partial charge is 0.257 e. The van der Waals surface area contributed by atoms with E-state index in [4.69, 9.17) is 4.74 Å². The van der Waals surface area contributed by atoms with Crippen molar-refractivity contribution in [2.45, 2.75) is 0 Å². The van der Waals surface area contributed by atoms with Gasteiger partial charge in [-0.3, -0.25) is 4.79 Å². The summed E-state index contributed by atoms with van der Waals surface area (Å²) in [6, 6.07) is 2.88. The number of methoxy groups -OCH3 is 1. The topological polar surface area (TPSA) is 32.8 Å². The molecule has 0 spiro atoms. The van der Waals surface area contributed by atoms with Crippen molar-refractivity contribution in [3.63, 3.8) is 0 Å². The molecule has 0 atom stereocenters. The Labute approximate surface area is 117 Å². The van der Waals surface area contributed by atoms with Crippen LogP contribution in [0.5, 0.6) is 0 Å². The third-order valence-electron chi connectivity index (χ3n) is 2.83. The van der Waals surface area contributed by atoms with E-state index in [2.05, 4.69) is 0 Å². The Hall–Kier alpha value is -1.53. The zero-order valence-corrected chi connectivity index (χ0v) is 12.0. The number of nitrogens with zero attached hydrogens (tertiary/aromatic N) is 2. The monoisotopic (exact) mass is 286 g/mol. The molecule has 1 amide bonds. The number of hydrogen-bond donors (Lipinski definition) is 0. The average molecular weight is 286 g/mol. The number of likely N-dealkylation sites (N-methyl/N-ethyl adjacent to an activating group) is 1. The van der Waals surface area contributed by atoms with Gasteiger partial charge in [-0.25, -0.2) is 8.78 Å². The van der Waals surface area contributed by atoms with Crippen molar-refractivity contribution in [3.05, 3.63) is 35.4 Å². The van der Waals surface area contributed by atoms with Crippen LogP contribution in [0.4, 0.5) is 8.78 Å². The first-order valence-corrected chi connectivity index (χ1v) is 6.33. The average Bonchev–Trinajstić information content (AvgIpc) is 2.40. The lowest BCUT2D eigenvalue weighted by Crippen LogP contribution is -2.39. The Morgan fingerprint density at radius 3 is 2.50 bits per heavy atom. The molecule has 0 heterocycles. The second-order valence-electron chi connectivity index (χ2n) is 4.71. The minimum atomic E-state index is -0.719. The first-order chi connectivity index (χ1) is 9.45. The molecule has 20 heavy (non-hydrogen) atoms. The standard InChI is InChI=1S/C14H20F2N2O2/c1-17(2)6-7-18(8-9-20-3)14(19)12-10-11(15)4-5-13(12)16/h4-5,10H,6-9H2,1-3H3. The van der Waals surface area contributed by atoms with E-state index in [1.807, 2.05) is 19.0 Å². The van der Waals surface area contributed by atoms with E-state index in [9.17, 15) is 13.6 Å². The van der Waals surface area contributed by atoms with E-state index < -0.39 is 17.5 Å². The summed E-state index contributed by atoms with van der Waals surface area (Å²) in [5.41, 5.74) is -0.250. The number of carbonyl (C=O) groups excluding carboxylic acids is 1. The molecule has 0 fully saturated rings. The van der Waals surface area contributed by atoms with E-state index in [0.717, 1.165) is 18.2 Å². The van der Waals surface area contributed by atoms with Gasteiger partial charge in [-0.15, -0.1) is 0 Å². The highest BCUT2D eigenvalue weighted by Gasteiger charge is 2.19. The molecule has 0 N–H and O–H groups in total. The molecule has 0 aromatic heterocycles. The van der Waals surface area contributed by atoms with Crippen LogP contribution in [-0.2, 0) is 4.74 Å². The second-order valence-corrected chi connectivity index (χ2v) is 4.71. The van der Waals surface area contributed by atoms with Crippen molar-refractivity contribution in [3.8, 4) is 0 Å². The molecule has 0 aliphatic carbocycles. The summed E-state index contributed by atoms with van der Waals surface area (Å²) in [5.74, 6) is -1.88. The molecule has 1 aromatic rings.